The number of nitrogens with one attached hydrogen (secondary N) is 2. The predicted octanol–water partition coefficient (Wildman–Crippen LogP) is 2.13. The van der Waals surface area contributed by atoms with Gasteiger partial charge in [-0.3, -0.25) is 9.78 Å². The molecule has 0 radical (unpaired) electrons. The summed E-state index contributed by atoms with van der Waals surface area (Å²) in [4.78, 5) is 16.2. The summed E-state index contributed by atoms with van der Waals surface area (Å²) in [6.07, 6.45) is 0. The third-order valence-corrected chi connectivity index (χ3v) is 2.91. The van der Waals surface area contributed by atoms with Gasteiger partial charge in [0.05, 0.1) is 19.3 Å². The molecule has 5 heteroatoms. The van der Waals surface area contributed by atoms with Crippen LogP contribution in [0.2, 0.25) is 0 Å². The van der Waals surface area contributed by atoms with Gasteiger partial charge in [0, 0.05) is 17.9 Å². The van der Waals surface area contributed by atoms with E-state index in [9.17, 15) is 4.79 Å². The summed E-state index contributed by atoms with van der Waals surface area (Å²) in [5.41, 5.74) is 2.64. The minimum atomic E-state index is -0.0900. The number of pyridine rings is 1. The van der Waals surface area contributed by atoms with Gasteiger partial charge in [0.15, 0.2) is 0 Å². The van der Waals surface area contributed by atoms with Gasteiger partial charge in [0.25, 0.3) is 0 Å². The number of benzene rings is 1. The molecule has 0 spiro atoms. The van der Waals surface area contributed by atoms with Crippen molar-refractivity contribution in [3.05, 3.63) is 53.9 Å². The fourth-order valence-corrected chi connectivity index (χ4v) is 1.88. The maximum absolute atomic E-state index is 11.8. The van der Waals surface area contributed by atoms with Crippen LogP contribution in [0.15, 0.2) is 42.5 Å². The molecule has 0 fully saturated rings. The van der Waals surface area contributed by atoms with E-state index in [0.29, 0.717) is 6.54 Å². The van der Waals surface area contributed by atoms with Gasteiger partial charge >= 0.3 is 0 Å². The highest BCUT2D eigenvalue weighted by Crippen LogP contribution is 2.14. The van der Waals surface area contributed by atoms with Gasteiger partial charge < -0.3 is 15.4 Å². The van der Waals surface area contributed by atoms with Crippen molar-refractivity contribution in [2.45, 2.75) is 13.5 Å². The second-order valence-electron chi connectivity index (χ2n) is 4.65. The Morgan fingerprint density at radius 2 is 1.95 bits per heavy atom. The summed E-state index contributed by atoms with van der Waals surface area (Å²) in [5.74, 6) is 0.671. The molecule has 0 aliphatic carbocycles. The van der Waals surface area contributed by atoms with Crippen LogP contribution >= 0.6 is 0 Å². The number of anilines is 1. The maximum atomic E-state index is 11.8. The van der Waals surface area contributed by atoms with Crippen LogP contribution in [-0.2, 0) is 11.3 Å². The second kappa shape index (κ2) is 7.40. The molecule has 110 valence electrons. The van der Waals surface area contributed by atoms with E-state index >= 15 is 0 Å². The number of aryl methyl sites for hydroxylation is 1. The van der Waals surface area contributed by atoms with E-state index in [2.05, 4.69) is 15.6 Å². The fourth-order valence-electron chi connectivity index (χ4n) is 1.88. The van der Waals surface area contributed by atoms with E-state index in [-0.39, 0.29) is 12.5 Å². The third-order valence-electron chi connectivity index (χ3n) is 2.91. The number of ether oxygens (including phenoxy) is 1. The van der Waals surface area contributed by atoms with Gasteiger partial charge in [-0.1, -0.05) is 6.07 Å². The first-order valence-electron chi connectivity index (χ1n) is 6.74. The highest BCUT2D eigenvalue weighted by atomic mass is 16.5. The first kappa shape index (κ1) is 15.0. The molecule has 21 heavy (non-hydrogen) atoms. The molecule has 0 saturated heterocycles. The summed E-state index contributed by atoms with van der Waals surface area (Å²) in [6, 6.07) is 13.1. The summed E-state index contributed by atoms with van der Waals surface area (Å²) in [7, 11) is 1.61. The fraction of sp³-hybridized carbons (Fsp3) is 0.250. The van der Waals surface area contributed by atoms with Gasteiger partial charge in [-0.2, -0.15) is 0 Å². The Morgan fingerprint density at radius 1 is 1.19 bits per heavy atom. The zero-order chi connectivity index (χ0) is 15.1. The van der Waals surface area contributed by atoms with Gasteiger partial charge in [-0.15, -0.1) is 0 Å². The normalized spacial score (nSPS) is 10.2. The predicted molar refractivity (Wildman–Crippen MR) is 82.3 cm³/mol. The lowest BCUT2D eigenvalue weighted by molar-refractivity contribution is -0.115. The summed E-state index contributed by atoms with van der Waals surface area (Å²) >= 11 is 0. The molecule has 0 aliphatic rings. The molecule has 2 aromatic rings. The van der Waals surface area contributed by atoms with Crippen molar-refractivity contribution >= 4 is 11.6 Å². The van der Waals surface area contributed by atoms with Crippen molar-refractivity contribution < 1.29 is 9.53 Å². The highest BCUT2D eigenvalue weighted by Gasteiger charge is 2.03. The molecule has 1 amide bonds. The zero-order valence-corrected chi connectivity index (χ0v) is 12.2. The number of carbonyl (C=O) groups excluding carboxylic acids is 1. The smallest absolute Gasteiger partial charge is 0.238 e. The molecule has 1 heterocycles. The number of rotatable bonds is 6. The summed E-state index contributed by atoms with van der Waals surface area (Å²) in [5, 5.41) is 5.89. The Morgan fingerprint density at radius 3 is 2.62 bits per heavy atom. The van der Waals surface area contributed by atoms with Crippen LogP contribution in [0.1, 0.15) is 11.4 Å². The lowest BCUT2D eigenvalue weighted by Gasteiger charge is -2.07. The molecule has 0 aliphatic heterocycles. The monoisotopic (exact) mass is 285 g/mol. The standard InChI is InChI=1S/C16H19N3O2/c1-12-4-3-5-14(18-12)10-17-11-16(20)19-13-6-8-15(21-2)9-7-13/h3-9,17H,10-11H2,1-2H3,(H,19,20). The Kier molecular flexibility index (Phi) is 5.29. The molecule has 1 aromatic heterocycles. The van der Waals surface area contributed by atoms with Crippen LogP contribution in [-0.4, -0.2) is 24.5 Å². The first-order valence-corrected chi connectivity index (χ1v) is 6.74. The molecule has 0 atom stereocenters. The van der Waals surface area contributed by atoms with Gasteiger partial charge in [-0.05, 0) is 43.3 Å². The molecule has 2 N–H and O–H groups in total. The number of nitrogens with zero attached hydrogens (tertiary/aromatic N) is 1. The minimum absolute atomic E-state index is 0.0900. The lowest BCUT2D eigenvalue weighted by atomic mass is 10.3. The largest absolute Gasteiger partial charge is 0.497 e. The van der Waals surface area contributed by atoms with Crippen molar-refractivity contribution in [2.24, 2.45) is 0 Å². The topological polar surface area (TPSA) is 63.2 Å². The van der Waals surface area contributed by atoms with Crippen molar-refractivity contribution in [1.29, 1.82) is 0 Å². The van der Waals surface area contributed by atoms with E-state index in [0.717, 1.165) is 22.8 Å². The number of hydrogen-bond donors (Lipinski definition) is 2. The van der Waals surface area contributed by atoms with Crippen molar-refractivity contribution in [1.82, 2.24) is 10.3 Å². The Labute approximate surface area is 124 Å². The molecule has 0 unspecified atom stereocenters. The van der Waals surface area contributed by atoms with Crippen LogP contribution in [0, 0.1) is 6.92 Å². The van der Waals surface area contributed by atoms with Crippen LogP contribution in [0.25, 0.3) is 0 Å². The van der Waals surface area contributed by atoms with Crippen molar-refractivity contribution in [2.75, 3.05) is 19.0 Å². The minimum Gasteiger partial charge on any atom is -0.497 e. The number of aromatic nitrogens is 1. The number of carbonyl (C=O) groups is 1. The Hall–Kier alpha value is -2.40. The second-order valence-corrected chi connectivity index (χ2v) is 4.65. The maximum Gasteiger partial charge on any atom is 0.238 e. The van der Waals surface area contributed by atoms with Crippen LogP contribution in [0.5, 0.6) is 5.75 Å². The lowest BCUT2D eigenvalue weighted by Crippen LogP contribution is -2.28. The van der Waals surface area contributed by atoms with Gasteiger partial charge in [0.2, 0.25) is 5.91 Å². The molecular formula is C16H19N3O2. The van der Waals surface area contributed by atoms with E-state index in [1.54, 1.807) is 31.4 Å². The Balaban J connectivity index is 1.76. The average Bonchev–Trinajstić information content (AvgIpc) is 2.48. The van der Waals surface area contributed by atoms with Crippen LogP contribution in [0.4, 0.5) is 5.69 Å². The highest BCUT2D eigenvalue weighted by molar-refractivity contribution is 5.92. The molecule has 5 nitrogen and oxygen atoms in total. The summed E-state index contributed by atoms with van der Waals surface area (Å²) < 4.78 is 5.07. The molecule has 0 bridgehead atoms. The molecule has 1 aromatic carbocycles. The number of amides is 1. The zero-order valence-electron chi connectivity index (χ0n) is 12.2. The molecule has 2 rings (SSSR count). The van der Waals surface area contributed by atoms with Gasteiger partial charge in [0.1, 0.15) is 5.75 Å². The van der Waals surface area contributed by atoms with Gasteiger partial charge in [-0.25, -0.2) is 0 Å². The average molecular weight is 285 g/mol. The number of methoxy groups -OCH3 is 1. The quantitative estimate of drug-likeness (QED) is 0.853. The first-order chi connectivity index (χ1) is 10.2. The van der Waals surface area contributed by atoms with Crippen molar-refractivity contribution in [3.63, 3.8) is 0 Å². The SMILES string of the molecule is COc1ccc(NC(=O)CNCc2cccc(C)n2)cc1. The number of hydrogen-bond acceptors (Lipinski definition) is 4. The van der Waals surface area contributed by atoms with E-state index < -0.39 is 0 Å². The van der Waals surface area contributed by atoms with E-state index in [4.69, 9.17) is 4.74 Å². The van der Waals surface area contributed by atoms with E-state index in [1.165, 1.54) is 0 Å². The van der Waals surface area contributed by atoms with E-state index in [1.807, 2.05) is 25.1 Å². The molecule has 0 saturated carbocycles. The third kappa shape index (κ3) is 4.89. The van der Waals surface area contributed by atoms with Crippen LogP contribution in [0.3, 0.4) is 0 Å². The molecular weight excluding hydrogens is 266 g/mol. The Bertz CT molecular complexity index is 597. The summed E-state index contributed by atoms with van der Waals surface area (Å²) in [6.45, 7) is 2.75. The van der Waals surface area contributed by atoms with Crippen LogP contribution < -0.4 is 15.4 Å². The van der Waals surface area contributed by atoms with Crippen molar-refractivity contribution in [3.8, 4) is 5.75 Å².